The Labute approximate surface area is 152 Å². The summed E-state index contributed by atoms with van der Waals surface area (Å²) in [5.74, 6) is -1.17. The van der Waals surface area contributed by atoms with Crippen LogP contribution in [0.15, 0.2) is 18.2 Å². The third kappa shape index (κ3) is 4.65. The molecule has 1 saturated heterocycles. The fourth-order valence-electron chi connectivity index (χ4n) is 2.86. The van der Waals surface area contributed by atoms with Crippen LogP contribution in [-0.4, -0.2) is 66.6 Å². The largest absolute Gasteiger partial charge is 0.492 e. The van der Waals surface area contributed by atoms with E-state index < -0.39 is 17.9 Å². The van der Waals surface area contributed by atoms with E-state index in [0.29, 0.717) is 43.0 Å². The van der Waals surface area contributed by atoms with Crippen molar-refractivity contribution in [1.29, 1.82) is 0 Å². The summed E-state index contributed by atoms with van der Waals surface area (Å²) in [6, 6.07) is 4.46. The van der Waals surface area contributed by atoms with Crippen LogP contribution in [0, 0.1) is 5.92 Å². The quantitative estimate of drug-likeness (QED) is 0.835. The van der Waals surface area contributed by atoms with Gasteiger partial charge in [-0.1, -0.05) is 0 Å². The number of piperidine rings is 1. The van der Waals surface area contributed by atoms with Crippen LogP contribution < -0.4 is 10.1 Å². The minimum atomic E-state index is -0.893. The number of ether oxygens (including phenoxy) is 1. The topological polar surface area (TPSA) is 99.2 Å². The van der Waals surface area contributed by atoms with Crippen LogP contribution in [0.1, 0.15) is 30.1 Å². The summed E-state index contributed by atoms with van der Waals surface area (Å²) in [7, 11) is 3.30. The van der Waals surface area contributed by atoms with Gasteiger partial charge in [0.15, 0.2) is 0 Å². The summed E-state index contributed by atoms with van der Waals surface area (Å²) >= 11 is 0. The molecule has 8 heteroatoms. The molecule has 1 heterocycles. The van der Waals surface area contributed by atoms with Gasteiger partial charge in [0.1, 0.15) is 5.75 Å². The predicted octanol–water partition coefficient (Wildman–Crippen LogP) is 2.12. The van der Waals surface area contributed by atoms with E-state index in [1.54, 1.807) is 32.3 Å². The van der Waals surface area contributed by atoms with Crippen molar-refractivity contribution >= 4 is 23.6 Å². The number of rotatable bonds is 5. The number of carboxylic acid groups (broad SMARTS) is 1. The van der Waals surface area contributed by atoms with Gasteiger partial charge in [0, 0.05) is 32.7 Å². The summed E-state index contributed by atoms with van der Waals surface area (Å²) in [6.07, 6.45) is 1.21. The Morgan fingerprint density at radius 1 is 1.35 bits per heavy atom. The Balaban J connectivity index is 2.20. The maximum atomic E-state index is 12.6. The summed E-state index contributed by atoms with van der Waals surface area (Å²) in [5.41, 5.74) is 0.817. The number of urea groups is 1. The first-order valence-electron chi connectivity index (χ1n) is 8.60. The molecular weight excluding hydrogens is 338 g/mol. The first-order valence-corrected chi connectivity index (χ1v) is 8.60. The van der Waals surface area contributed by atoms with Crippen molar-refractivity contribution in [2.75, 3.05) is 39.1 Å². The monoisotopic (exact) mass is 363 g/mol. The van der Waals surface area contributed by atoms with Crippen molar-refractivity contribution in [3.8, 4) is 5.75 Å². The summed E-state index contributed by atoms with van der Waals surface area (Å²) < 4.78 is 5.53. The van der Waals surface area contributed by atoms with Crippen LogP contribution >= 0.6 is 0 Å². The Morgan fingerprint density at radius 2 is 2.08 bits per heavy atom. The molecule has 0 bridgehead atoms. The van der Waals surface area contributed by atoms with Gasteiger partial charge in [-0.15, -0.1) is 0 Å². The molecule has 2 rings (SSSR count). The van der Waals surface area contributed by atoms with E-state index in [9.17, 15) is 19.5 Å². The Bertz CT molecular complexity index is 689. The molecule has 3 amide bonds. The molecule has 142 valence electrons. The number of aliphatic carboxylic acids is 1. The van der Waals surface area contributed by atoms with E-state index in [1.807, 2.05) is 6.92 Å². The molecule has 1 unspecified atom stereocenters. The fraction of sp³-hybridized carbons (Fsp3) is 0.500. The lowest BCUT2D eigenvalue weighted by atomic mass is 9.99. The average Bonchev–Trinajstić information content (AvgIpc) is 2.62. The van der Waals surface area contributed by atoms with Gasteiger partial charge >= 0.3 is 12.0 Å². The number of hydrogen-bond donors (Lipinski definition) is 2. The molecule has 2 N–H and O–H groups in total. The maximum absolute atomic E-state index is 12.6. The Kier molecular flexibility index (Phi) is 6.43. The maximum Gasteiger partial charge on any atom is 0.321 e. The standard InChI is InChI=1S/C18H25N3O5/c1-4-26-15-8-7-12(16(22)20(2)3)10-14(15)19-18(25)21-9-5-6-13(11-21)17(23)24/h7-8,10,13H,4-6,9,11H2,1-3H3,(H,19,25)(H,23,24). The van der Waals surface area contributed by atoms with E-state index in [4.69, 9.17) is 4.74 Å². The summed E-state index contributed by atoms with van der Waals surface area (Å²) in [4.78, 5) is 38.9. The lowest BCUT2D eigenvalue weighted by Crippen LogP contribution is -2.44. The summed E-state index contributed by atoms with van der Waals surface area (Å²) in [6.45, 7) is 2.90. The van der Waals surface area contributed by atoms with Gasteiger partial charge in [0.2, 0.25) is 0 Å². The van der Waals surface area contributed by atoms with Crippen molar-refractivity contribution in [1.82, 2.24) is 9.80 Å². The van der Waals surface area contributed by atoms with Crippen molar-refractivity contribution in [2.45, 2.75) is 19.8 Å². The number of hydrogen-bond acceptors (Lipinski definition) is 4. The Hall–Kier alpha value is -2.77. The van der Waals surface area contributed by atoms with Crippen molar-refractivity contribution in [3.63, 3.8) is 0 Å². The molecule has 8 nitrogen and oxygen atoms in total. The lowest BCUT2D eigenvalue weighted by molar-refractivity contribution is -0.143. The number of anilines is 1. The first kappa shape index (κ1) is 19.6. The van der Waals surface area contributed by atoms with Gasteiger partial charge in [0.25, 0.3) is 5.91 Å². The number of likely N-dealkylation sites (tertiary alicyclic amines) is 1. The molecule has 0 saturated carbocycles. The number of amides is 3. The van der Waals surface area contributed by atoms with Gasteiger partial charge in [-0.2, -0.15) is 0 Å². The van der Waals surface area contributed by atoms with Crippen LogP contribution in [0.2, 0.25) is 0 Å². The number of carbonyl (C=O) groups is 3. The smallest absolute Gasteiger partial charge is 0.321 e. The van der Waals surface area contributed by atoms with Gasteiger partial charge in [-0.05, 0) is 38.0 Å². The van der Waals surface area contributed by atoms with Crippen LogP contribution in [-0.2, 0) is 4.79 Å². The number of nitrogens with one attached hydrogen (secondary N) is 1. The van der Waals surface area contributed by atoms with Crippen LogP contribution in [0.25, 0.3) is 0 Å². The zero-order chi connectivity index (χ0) is 19.3. The Morgan fingerprint density at radius 3 is 2.69 bits per heavy atom. The molecule has 0 aromatic heterocycles. The van der Waals surface area contributed by atoms with Gasteiger partial charge in [-0.3, -0.25) is 9.59 Å². The van der Waals surface area contributed by atoms with E-state index in [2.05, 4.69) is 5.32 Å². The minimum Gasteiger partial charge on any atom is -0.492 e. The second-order valence-corrected chi connectivity index (χ2v) is 6.40. The van der Waals surface area contributed by atoms with E-state index in [-0.39, 0.29) is 12.5 Å². The molecule has 0 spiro atoms. The molecule has 26 heavy (non-hydrogen) atoms. The van der Waals surface area contributed by atoms with Crippen LogP contribution in [0.5, 0.6) is 5.75 Å². The second kappa shape index (κ2) is 8.55. The molecule has 0 aliphatic carbocycles. The minimum absolute atomic E-state index is 0.168. The predicted molar refractivity (Wildman–Crippen MR) is 96.6 cm³/mol. The number of carbonyl (C=O) groups excluding carboxylic acids is 2. The molecule has 1 aliphatic rings. The molecule has 1 aliphatic heterocycles. The number of benzene rings is 1. The zero-order valence-corrected chi connectivity index (χ0v) is 15.3. The number of nitrogens with zero attached hydrogens (tertiary/aromatic N) is 2. The lowest BCUT2D eigenvalue weighted by Gasteiger charge is -2.31. The second-order valence-electron chi connectivity index (χ2n) is 6.40. The van der Waals surface area contributed by atoms with Crippen LogP contribution in [0.4, 0.5) is 10.5 Å². The molecule has 1 aromatic carbocycles. The molecule has 1 aromatic rings. The number of carboxylic acids is 1. The molecule has 1 atom stereocenters. The first-order chi connectivity index (χ1) is 12.3. The highest BCUT2D eigenvalue weighted by Crippen LogP contribution is 2.27. The SMILES string of the molecule is CCOc1ccc(C(=O)N(C)C)cc1NC(=O)N1CCCC(C(=O)O)C1. The van der Waals surface area contributed by atoms with E-state index in [0.717, 1.165) is 0 Å². The average molecular weight is 363 g/mol. The van der Waals surface area contributed by atoms with Gasteiger partial charge < -0.3 is 25.0 Å². The molecular formula is C18H25N3O5. The fourth-order valence-corrected chi connectivity index (χ4v) is 2.86. The zero-order valence-electron chi connectivity index (χ0n) is 15.3. The van der Waals surface area contributed by atoms with Crippen molar-refractivity contribution in [2.24, 2.45) is 5.92 Å². The third-order valence-corrected chi connectivity index (χ3v) is 4.23. The van der Waals surface area contributed by atoms with Crippen molar-refractivity contribution < 1.29 is 24.2 Å². The van der Waals surface area contributed by atoms with Crippen molar-refractivity contribution in [3.05, 3.63) is 23.8 Å². The third-order valence-electron chi connectivity index (χ3n) is 4.23. The van der Waals surface area contributed by atoms with Crippen LogP contribution in [0.3, 0.4) is 0 Å². The summed E-state index contributed by atoms with van der Waals surface area (Å²) in [5, 5.41) is 11.9. The molecule has 0 radical (unpaired) electrons. The van der Waals surface area contributed by atoms with E-state index >= 15 is 0 Å². The highest BCUT2D eigenvalue weighted by Gasteiger charge is 2.28. The van der Waals surface area contributed by atoms with E-state index in [1.165, 1.54) is 9.80 Å². The van der Waals surface area contributed by atoms with Gasteiger partial charge in [0.05, 0.1) is 18.2 Å². The molecule has 1 fully saturated rings. The van der Waals surface area contributed by atoms with Gasteiger partial charge in [-0.25, -0.2) is 4.79 Å². The highest BCUT2D eigenvalue weighted by atomic mass is 16.5. The highest BCUT2D eigenvalue weighted by molar-refractivity contribution is 5.98. The normalized spacial score (nSPS) is 16.7.